The van der Waals surface area contributed by atoms with Crippen molar-refractivity contribution >= 4 is 23.2 Å². The Balaban J connectivity index is 1.75. The molecule has 1 heterocycles. The minimum Gasteiger partial charge on any atom is -0.489 e. The Kier molecular flexibility index (Phi) is 5.76. The normalized spacial score (nSPS) is 19.8. The van der Waals surface area contributed by atoms with E-state index in [0.29, 0.717) is 28.3 Å². The number of hydrogen-bond donors (Lipinski definition) is 1. The summed E-state index contributed by atoms with van der Waals surface area (Å²) in [5.74, 6) is 1.19. The molecule has 19 heavy (non-hydrogen) atoms. The van der Waals surface area contributed by atoms with Crippen LogP contribution in [-0.2, 0) is 0 Å². The summed E-state index contributed by atoms with van der Waals surface area (Å²) in [6.07, 6.45) is 2.06. The van der Waals surface area contributed by atoms with Crippen molar-refractivity contribution in [1.82, 2.24) is 4.90 Å². The molecule has 1 aliphatic heterocycles. The predicted molar refractivity (Wildman–Crippen MR) is 78.2 cm³/mol. The number of aliphatic hydroxyl groups is 1. The highest BCUT2D eigenvalue weighted by Gasteiger charge is 2.21. The molecule has 0 aliphatic carbocycles. The maximum absolute atomic E-state index is 8.93. The van der Waals surface area contributed by atoms with E-state index in [2.05, 4.69) is 4.90 Å². The fourth-order valence-corrected chi connectivity index (χ4v) is 2.94. The summed E-state index contributed by atoms with van der Waals surface area (Å²) in [5.41, 5.74) is 0. The number of rotatable bonds is 6. The fraction of sp³-hybridized carbons (Fsp3) is 0.571. The lowest BCUT2D eigenvalue weighted by molar-refractivity contribution is 0.222. The van der Waals surface area contributed by atoms with E-state index in [9.17, 15) is 0 Å². The van der Waals surface area contributed by atoms with Crippen LogP contribution in [0.2, 0.25) is 10.0 Å². The quantitative estimate of drug-likeness (QED) is 0.876. The number of hydrogen-bond acceptors (Lipinski definition) is 3. The number of para-hydroxylation sites is 1. The van der Waals surface area contributed by atoms with Crippen molar-refractivity contribution in [1.29, 1.82) is 0 Å². The molecule has 0 radical (unpaired) electrons. The molecular formula is C14H19Cl2NO2. The number of aliphatic hydroxyl groups excluding tert-OH is 1. The van der Waals surface area contributed by atoms with E-state index in [1.807, 2.05) is 0 Å². The predicted octanol–water partition coefficient (Wildman–Crippen LogP) is 3.08. The first-order valence-corrected chi connectivity index (χ1v) is 7.36. The van der Waals surface area contributed by atoms with Crippen molar-refractivity contribution in [3.63, 3.8) is 0 Å². The summed E-state index contributed by atoms with van der Waals surface area (Å²) in [6.45, 7) is 3.84. The van der Waals surface area contributed by atoms with Gasteiger partial charge in [-0.3, -0.25) is 4.90 Å². The average Bonchev–Trinajstić information content (AvgIpc) is 2.81. The van der Waals surface area contributed by atoms with E-state index in [4.69, 9.17) is 33.0 Å². The molecule has 1 saturated heterocycles. The van der Waals surface area contributed by atoms with Gasteiger partial charge in [-0.15, -0.1) is 0 Å². The highest BCUT2D eigenvalue weighted by Crippen LogP contribution is 2.32. The molecule has 3 nitrogen and oxygen atoms in total. The van der Waals surface area contributed by atoms with Gasteiger partial charge in [0.1, 0.15) is 6.61 Å². The Morgan fingerprint density at radius 2 is 2.05 bits per heavy atom. The van der Waals surface area contributed by atoms with Crippen molar-refractivity contribution < 1.29 is 9.84 Å². The lowest BCUT2D eigenvalue weighted by atomic mass is 10.1. The highest BCUT2D eigenvalue weighted by atomic mass is 35.5. The smallest absolute Gasteiger partial charge is 0.156 e. The van der Waals surface area contributed by atoms with Crippen LogP contribution in [0, 0.1) is 5.92 Å². The van der Waals surface area contributed by atoms with Gasteiger partial charge in [0.15, 0.2) is 5.75 Å². The van der Waals surface area contributed by atoms with Crippen LogP contribution in [0.4, 0.5) is 0 Å². The molecule has 1 N–H and O–H groups in total. The summed E-state index contributed by atoms with van der Waals surface area (Å²) in [7, 11) is 0. The van der Waals surface area contributed by atoms with Crippen molar-refractivity contribution in [2.45, 2.75) is 12.8 Å². The van der Waals surface area contributed by atoms with Gasteiger partial charge in [-0.05, 0) is 37.4 Å². The van der Waals surface area contributed by atoms with E-state index >= 15 is 0 Å². The Morgan fingerprint density at radius 1 is 1.32 bits per heavy atom. The number of likely N-dealkylation sites (tertiary alicyclic amines) is 1. The third kappa shape index (κ3) is 4.25. The molecule has 1 aliphatic rings. The van der Waals surface area contributed by atoms with E-state index in [1.165, 1.54) is 0 Å². The Labute approximate surface area is 124 Å². The largest absolute Gasteiger partial charge is 0.489 e. The SMILES string of the molecule is OCCC1CCN(CCOc2c(Cl)cccc2Cl)C1. The van der Waals surface area contributed by atoms with Gasteiger partial charge < -0.3 is 9.84 Å². The molecule has 1 fully saturated rings. The second-order valence-corrected chi connectivity index (χ2v) is 5.68. The van der Waals surface area contributed by atoms with Crippen molar-refractivity contribution in [2.24, 2.45) is 5.92 Å². The molecule has 0 aromatic heterocycles. The molecule has 0 bridgehead atoms. The maximum atomic E-state index is 8.93. The van der Waals surface area contributed by atoms with Gasteiger partial charge in [-0.2, -0.15) is 0 Å². The first-order valence-electron chi connectivity index (χ1n) is 6.60. The molecule has 2 rings (SSSR count). The van der Waals surface area contributed by atoms with Crippen molar-refractivity contribution in [3.8, 4) is 5.75 Å². The van der Waals surface area contributed by atoms with Crippen molar-refractivity contribution in [2.75, 3.05) is 32.8 Å². The van der Waals surface area contributed by atoms with Gasteiger partial charge in [-0.1, -0.05) is 29.3 Å². The molecule has 0 spiro atoms. The van der Waals surface area contributed by atoms with E-state index in [-0.39, 0.29) is 6.61 Å². The van der Waals surface area contributed by atoms with Crippen LogP contribution in [0.5, 0.6) is 5.75 Å². The van der Waals surface area contributed by atoms with E-state index in [0.717, 1.165) is 32.5 Å². The van der Waals surface area contributed by atoms with Gasteiger partial charge in [0.2, 0.25) is 0 Å². The number of benzene rings is 1. The van der Waals surface area contributed by atoms with Crippen LogP contribution in [0.1, 0.15) is 12.8 Å². The zero-order chi connectivity index (χ0) is 13.7. The molecule has 1 aromatic rings. The minimum absolute atomic E-state index is 0.282. The maximum Gasteiger partial charge on any atom is 0.156 e. The van der Waals surface area contributed by atoms with Crippen LogP contribution in [0.3, 0.4) is 0 Å². The topological polar surface area (TPSA) is 32.7 Å². The fourth-order valence-electron chi connectivity index (χ4n) is 2.43. The van der Waals surface area contributed by atoms with Crippen LogP contribution in [-0.4, -0.2) is 42.9 Å². The number of ether oxygens (including phenoxy) is 1. The van der Waals surface area contributed by atoms with Gasteiger partial charge in [0.05, 0.1) is 10.0 Å². The lowest BCUT2D eigenvalue weighted by Crippen LogP contribution is -2.26. The van der Waals surface area contributed by atoms with Crippen LogP contribution < -0.4 is 4.74 Å². The summed E-state index contributed by atoms with van der Waals surface area (Å²) < 4.78 is 5.67. The minimum atomic E-state index is 0.282. The zero-order valence-electron chi connectivity index (χ0n) is 10.8. The molecule has 5 heteroatoms. The van der Waals surface area contributed by atoms with Crippen molar-refractivity contribution in [3.05, 3.63) is 28.2 Å². The lowest BCUT2D eigenvalue weighted by Gasteiger charge is -2.17. The first kappa shape index (κ1) is 14.9. The molecule has 1 aromatic carbocycles. The molecule has 0 amide bonds. The Hall–Kier alpha value is -0.480. The zero-order valence-corrected chi connectivity index (χ0v) is 12.3. The number of nitrogens with zero attached hydrogens (tertiary/aromatic N) is 1. The van der Waals surface area contributed by atoms with Gasteiger partial charge in [0, 0.05) is 19.7 Å². The number of halogens is 2. The Morgan fingerprint density at radius 3 is 2.74 bits per heavy atom. The molecular weight excluding hydrogens is 285 g/mol. The van der Waals surface area contributed by atoms with Crippen LogP contribution in [0.15, 0.2) is 18.2 Å². The summed E-state index contributed by atoms with van der Waals surface area (Å²) >= 11 is 12.1. The van der Waals surface area contributed by atoms with Crippen LogP contribution >= 0.6 is 23.2 Å². The summed E-state index contributed by atoms with van der Waals surface area (Å²) in [5, 5.41) is 10.0. The Bertz CT molecular complexity index is 394. The van der Waals surface area contributed by atoms with Gasteiger partial charge >= 0.3 is 0 Å². The van der Waals surface area contributed by atoms with Gasteiger partial charge in [-0.25, -0.2) is 0 Å². The van der Waals surface area contributed by atoms with E-state index in [1.54, 1.807) is 18.2 Å². The summed E-state index contributed by atoms with van der Waals surface area (Å²) in [4.78, 5) is 2.35. The second kappa shape index (κ2) is 7.34. The van der Waals surface area contributed by atoms with Gasteiger partial charge in [0.25, 0.3) is 0 Å². The monoisotopic (exact) mass is 303 g/mol. The van der Waals surface area contributed by atoms with E-state index < -0.39 is 0 Å². The highest BCUT2D eigenvalue weighted by molar-refractivity contribution is 6.37. The second-order valence-electron chi connectivity index (χ2n) is 4.87. The third-order valence-corrected chi connectivity index (χ3v) is 4.08. The first-order chi connectivity index (χ1) is 9.20. The average molecular weight is 304 g/mol. The summed E-state index contributed by atoms with van der Waals surface area (Å²) in [6, 6.07) is 5.35. The molecule has 1 atom stereocenters. The molecule has 0 saturated carbocycles. The molecule has 106 valence electrons. The third-order valence-electron chi connectivity index (χ3n) is 3.48. The van der Waals surface area contributed by atoms with Crippen LogP contribution in [0.25, 0.3) is 0 Å². The standard InChI is InChI=1S/C14H19Cl2NO2/c15-12-2-1-3-13(16)14(12)19-9-7-17-6-4-11(10-17)5-8-18/h1-3,11,18H,4-10H2. The molecule has 1 unspecified atom stereocenters.